The van der Waals surface area contributed by atoms with Gasteiger partial charge in [-0.15, -0.1) is 0 Å². The summed E-state index contributed by atoms with van der Waals surface area (Å²) in [5, 5.41) is 0. The van der Waals surface area contributed by atoms with E-state index in [0.717, 1.165) is 6.42 Å². The van der Waals surface area contributed by atoms with Crippen LogP contribution in [-0.2, 0) is 30.3 Å². The van der Waals surface area contributed by atoms with E-state index in [9.17, 15) is 4.89 Å². The van der Waals surface area contributed by atoms with Crippen LogP contribution in [0.15, 0.2) is 0 Å². The summed E-state index contributed by atoms with van der Waals surface area (Å²) in [7, 11) is 12.9. The molecule has 0 amide bonds. The maximum absolute atomic E-state index is 11.2. The molecule has 9 atom stereocenters. The lowest BCUT2D eigenvalue weighted by atomic mass is 9.64. The van der Waals surface area contributed by atoms with Gasteiger partial charge in [-0.25, -0.2) is 0 Å². The lowest BCUT2D eigenvalue weighted by Crippen LogP contribution is -2.43. The van der Waals surface area contributed by atoms with Gasteiger partial charge in [-0.1, -0.05) is 83.1 Å². The smallest absolute Gasteiger partial charge is 0.324 e. The van der Waals surface area contributed by atoms with Crippen LogP contribution in [-0.4, -0.2) is 57.5 Å². The number of ether oxygens (including phenoxy) is 2. The molecule has 3 unspecified atom stereocenters. The first-order chi connectivity index (χ1) is 15.4. The second-order valence-corrected chi connectivity index (χ2v) is 17.9. The summed E-state index contributed by atoms with van der Waals surface area (Å²) >= 11 is 5.52. The summed E-state index contributed by atoms with van der Waals surface area (Å²) in [5.41, 5.74) is -0.405. The first-order valence-electron chi connectivity index (χ1n) is 12.9. The van der Waals surface area contributed by atoms with Gasteiger partial charge in [-0.05, 0) is 51.7 Å². The van der Waals surface area contributed by atoms with Gasteiger partial charge in [-0.2, -0.15) is 0 Å². The van der Waals surface area contributed by atoms with E-state index in [0.29, 0.717) is 0 Å². The molecule has 0 spiro atoms. The number of rotatable bonds is 6. The normalized spacial score (nSPS) is 36.9. The summed E-state index contributed by atoms with van der Waals surface area (Å²) in [4.78, 5) is 11.2. The summed E-state index contributed by atoms with van der Waals surface area (Å²) in [5.74, 6) is 0.178. The van der Waals surface area contributed by atoms with Crippen molar-refractivity contribution in [1.82, 2.24) is 0 Å². The zero-order chi connectivity index (χ0) is 27.4. The molecule has 0 aromatic carbocycles. The Morgan fingerprint density at radius 3 is 1.74 bits per heavy atom. The van der Waals surface area contributed by atoms with Crippen LogP contribution in [0.2, 0.25) is 0 Å². The van der Waals surface area contributed by atoms with E-state index < -0.39 is 18.8 Å². The largest absolute Gasteiger partial charge is 0.382 e. The fraction of sp³-hybridized carbons (Fsp3) is 1.00. The van der Waals surface area contributed by atoms with Crippen LogP contribution in [0.5, 0.6) is 0 Å². The molecule has 2 heterocycles. The van der Waals surface area contributed by atoms with Crippen LogP contribution in [0, 0.1) is 39.4 Å². The van der Waals surface area contributed by atoms with Crippen LogP contribution in [0.1, 0.15) is 89.5 Å². The van der Waals surface area contributed by atoms with Crippen LogP contribution in [0.4, 0.5) is 0 Å². The molecule has 0 bridgehead atoms. The molecule has 2 saturated heterocycles. The Labute approximate surface area is 223 Å². The van der Waals surface area contributed by atoms with E-state index in [2.05, 4.69) is 83.1 Å². The first kappa shape index (κ1) is 31.8. The average molecular weight is 526 g/mol. The van der Waals surface area contributed by atoms with E-state index >= 15 is 0 Å². The SMILES string of the molecule is [B][C@@H]1O[C@H](COP(O)(=S)O[C@@H]2C(C(C)(C)C)[C@H]([B])O[C@@H]2C(C)(C)C)[C@H](C(C)(C)C)C1CC(C)(C)C. The molecule has 0 aromatic rings. The van der Waals surface area contributed by atoms with Crippen molar-refractivity contribution in [3.05, 3.63) is 0 Å². The first-order valence-corrected chi connectivity index (χ1v) is 15.5. The Morgan fingerprint density at radius 2 is 1.31 bits per heavy atom. The lowest BCUT2D eigenvalue weighted by molar-refractivity contribution is -0.0390. The number of hydrogen-bond acceptors (Lipinski definition) is 5. The third-order valence-electron chi connectivity index (χ3n) is 7.28. The van der Waals surface area contributed by atoms with Gasteiger partial charge >= 0.3 is 6.72 Å². The van der Waals surface area contributed by atoms with Gasteiger partial charge < -0.3 is 23.4 Å². The minimum Gasteiger partial charge on any atom is -0.382 e. The zero-order valence-corrected chi connectivity index (χ0v) is 25.8. The fourth-order valence-electron chi connectivity index (χ4n) is 6.02. The van der Waals surface area contributed by atoms with E-state index in [-0.39, 0.29) is 64.2 Å². The molecule has 200 valence electrons. The van der Waals surface area contributed by atoms with Gasteiger partial charge in [0.2, 0.25) is 0 Å². The lowest BCUT2D eigenvalue weighted by Gasteiger charge is -2.39. The van der Waals surface area contributed by atoms with E-state index in [1.807, 2.05) is 0 Å². The Hall–Kier alpha value is 0.580. The topological polar surface area (TPSA) is 57.2 Å². The van der Waals surface area contributed by atoms with Crippen LogP contribution < -0.4 is 0 Å². The Bertz CT molecular complexity index is 768. The Balaban J connectivity index is 2.22. The van der Waals surface area contributed by atoms with Crippen molar-refractivity contribution in [2.45, 2.75) is 120 Å². The maximum atomic E-state index is 11.2. The minimum atomic E-state index is -3.62. The summed E-state index contributed by atoms with van der Waals surface area (Å²) in [6, 6.07) is -0.903. The van der Waals surface area contributed by atoms with Crippen molar-refractivity contribution in [3.63, 3.8) is 0 Å². The second-order valence-electron chi connectivity index (χ2n) is 15.1. The average Bonchev–Trinajstić information content (AvgIpc) is 3.07. The van der Waals surface area contributed by atoms with Crippen LogP contribution in [0.25, 0.3) is 0 Å². The number of hydrogen-bond donors (Lipinski definition) is 1. The molecule has 9 heteroatoms. The molecule has 5 nitrogen and oxygen atoms in total. The third-order valence-corrected chi connectivity index (χ3v) is 8.84. The highest BCUT2D eigenvalue weighted by atomic mass is 32.5. The van der Waals surface area contributed by atoms with E-state index in [1.165, 1.54) is 0 Å². The van der Waals surface area contributed by atoms with Crippen LogP contribution in [0.3, 0.4) is 0 Å². The molecule has 0 aliphatic carbocycles. The van der Waals surface area contributed by atoms with Gasteiger partial charge in [-0.3, -0.25) is 0 Å². The summed E-state index contributed by atoms with van der Waals surface area (Å²) in [6.45, 7) is 22.3. The highest BCUT2D eigenvalue weighted by Gasteiger charge is 2.54. The van der Waals surface area contributed by atoms with Crippen molar-refractivity contribution in [1.29, 1.82) is 0 Å². The maximum Gasteiger partial charge on any atom is 0.324 e. The van der Waals surface area contributed by atoms with Crippen molar-refractivity contribution in [2.24, 2.45) is 39.4 Å². The van der Waals surface area contributed by atoms with Gasteiger partial charge in [0.1, 0.15) is 15.7 Å². The third kappa shape index (κ3) is 8.28. The van der Waals surface area contributed by atoms with E-state index in [4.69, 9.17) is 46.0 Å². The molecular formula is C26H49B2O5PS. The Morgan fingerprint density at radius 1 is 0.800 bits per heavy atom. The van der Waals surface area contributed by atoms with Gasteiger partial charge in [0.05, 0.1) is 24.9 Å². The molecule has 35 heavy (non-hydrogen) atoms. The predicted molar refractivity (Wildman–Crippen MR) is 149 cm³/mol. The second kappa shape index (κ2) is 10.6. The standard InChI is InChI=1S/C26H49B2O5PS/c1-23(2,3)13-15-17(24(4,5)6)16(31-21(15)27)14-30-34(29,35)33-19-18(25(7,8)9)22(28)32-20(19)26(10,11)12/h15-22H,13-14H2,1-12H3,(H,29,35)/t15?,16-,17-,18?,19-,20+,21-,22-,34?/m1/s1. The molecule has 0 aromatic heterocycles. The van der Waals surface area contributed by atoms with Crippen molar-refractivity contribution in [3.8, 4) is 0 Å². The molecule has 4 radical (unpaired) electrons. The van der Waals surface area contributed by atoms with Gasteiger partial charge in [0.15, 0.2) is 0 Å². The van der Waals surface area contributed by atoms with Gasteiger partial charge in [0.25, 0.3) is 0 Å². The molecule has 2 fully saturated rings. The fourth-order valence-corrected chi connectivity index (χ4v) is 7.45. The molecule has 1 N–H and O–H groups in total. The van der Waals surface area contributed by atoms with Crippen molar-refractivity contribution < 1.29 is 23.4 Å². The monoisotopic (exact) mass is 526 g/mol. The molecule has 2 aliphatic rings. The predicted octanol–water partition coefficient (Wildman–Crippen LogP) is 5.81. The van der Waals surface area contributed by atoms with Gasteiger partial charge in [0, 0.05) is 17.9 Å². The molecule has 0 saturated carbocycles. The summed E-state index contributed by atoms with van der Waals surface area (Å²) in [6.07, 6.45) is -0.155. The molecular weight excluding hydrogens is 477 g/mol. The highest BCUT2D eigenvalue weighted by molar-refractivity contribution is 8.07. The van der Waals surface area contributed by atoms with Crippen LogP contribution >= 0.6 is 6.72 Å². The van der Waals surface area contributed by atoms with Crippen molar-refractivity contribution >= 4 is 34.2 Å². The Kier molecular flexibility index (Phi) is 9.65. The summed E-state index contributed by atoms with van der Waals surface area (Å²) < 4.78 is 24.6. The quantitative estimate of drug-likeness (QED) is 0.348. The van der Waals surface area contributed by atoms with E-state index in [1.54, 1.807) is 0 Å². The minimum absolute atomic E-state index is 0.0579. The van der Waals surface area contributed by atoms with Crippen molar-refractivity contribution in [2.75, 3.05) is 6.61 Å². The zero-order valence-electron chi connectivity index (χ0n) is 24.1. The molecule has 2 rings (SSSR count). The molecule has 2 aliphatic heterocycles. The highest BCUT2D eigenvalue weighted by Crippen LogP contribution is 2.55.